The number of hydrogen-bond donors (Lipinski definition) is 2. The van der Waals surface area contributed by atoms with Crippen LogP contribution in [0.1, 0.15) is 22.3 Å². The number of para-hydroxylation sites is 1. The summed E-state index contributed by atoms with van der Waals surface area (Å²) in [6.45, 7) is 0. The van der Waals surface area contributed by atoms with Crippen molar-refractivity contribution in [3.05, 3.63) is 59.7 Å². The molecule has 0 unspecified atom stereocenters. The van der Waals surface area contributed by atoms with E-state index >= 15 is 0 Å². The highest BCUT2D eigenvalue weighted by Gasteiger charge is 2.31. The lowest BCUT2D eigenvalue weighted by molar-refractivity contribution is -0.137. The van der Waals surface area contributed by atoms with E-state index in [2.05, 4.69) is 10.2 Å². The van der Waals surface area contributed by atoms with Gasteiger partial charge in [-0.1, -0.05) is 18.2 Å². The Morgan fingerprint density at radius 3 is 2.64 bits per heavy atom. The molecule has 0 aliphatic carbocycles. The highest BCUT2D eigenvalue weighted by atomic mass is 32.2. The SMILES string of the molecule is O=C(C[C@@H]1Sc2ccccc2NC1=O)NOC(=O)c1cccc(C(F)(F)F)c1. The van der Waals surface area contributed by atoms with Gasteiger partial charge in [-0.05, 0) is 30.3 Å². The monoisotopic (exact) mass is 410 g/mol. The van der Waals surface area contributed by atoms with Crippen LogP contribution >= 0.6 is 11.8 Å². The molecule has 10 heteroatoms. The molecule has 1 aliphatic heterocycles. The van der Waals surface area contributed by atoms with Crippen molar-refractivity contribution in [3.8, 4) is 0 Å². The molecule has 2 aromatic rings. The molecule has 2 N–H and O–H groups in total. The molecule has 0 aromatic heterocycles. The highest BCUT2D eigenvalue weighted by Crippen LogP contribution is 2.36. The van der Waals surface area contributed by atoms with Crippen molar-refractivity contribution < 1.29 is 32.4 Å². The van der Waals surface area contributed by atoms with Crippen LogP contribution in [0, 0.1) is 0 Å². The van der Waals surface area contributed by atoms with Crippen LogP contribution in [0.15, 0.2) is 53.4 Å². The van der Waals surface area contributed by atoms with Gasteiger partial charge in [0.2, 0.25) is 5.91 Å². The molecule has 146 valence electrons. The Labute approximate surface area is 161 Å². The molecular weight excluding hydrogens is 397 g/mol. The van der Waals surface area contributed by atoms with Crippen molar-refractivity contribution in [2.75, 3.05) is 5.32 Å². The van der Waals surface area contributed by atoms with Crippen LogP contribution in [0.3, 0.4) is 0 Å². The Bertz CT molecular complexity index is 933. The first-order valence-electron chi connectivity index (χ1n) is 7.98. The fourth-order valence-corrected chi connectivity index (χ4v) is 3.53. The Morgan fingerprint density at radius 1 is 1.14 bits per heavy atom. The van der Waals surface area contributed by atoms with Crippen LogP contribution in [-0.2, 0) is 20.6 Å². The molecule has 0 spiro atoms. The third-order valence-corrected chi connectivity index (χ3v) is 5.04. The number of carbonyl (C=O) groups excluding carboxylic acids is 3. The fraction of sp³-hybridized carbons (Fsp3) is 0.167. The molecule has 0 radical (unpaired) electrons. The van der Waals surface area contributed by atoms with Crippen molar-refractivity contribution in [1.29, 1.82) is 0 Å². The summed E-state index contributed by atoms with van der Waals surface area (Å²) in [5.41, 5.74) is 1.13. The predicted molar refractivity (Wildman–Crippen MR) is 94.3 cm³/mol. The van der Waals surface area contributed by atoms with Gasteiger partial charge in [0.05, 0.1) is 28.5 Å². The molecule has 6 nitrogen and oxygen atoms in total. The number of nitrogens with one attached hydrogen (secondary N) is 2. The Balaban J connectivity index is 1.56. The molecule has 0 saturated heterocycles. The molecule has 3 rings (SSSR count). The summed E-state index contributed by atoms with van der Waals surface area (Å²) in [4.78, 5) is 41.2. The summed E-state index contributed by atoms with van der Waals surface area (Å²) in [6.07, 6.45) is -4.89. The molecule has 0 saturated carbocycles. The second-order valence-corrected chi connectivity index (χ2v) is 7.03. The number of rotatable bonds is 3. The number of thioether (sulfide) groups is 1. The molecule has 2 amide bonds. The third-order valence-electron chi connectivity index (χ3n) is 3.76. The first-order chi connectivity index (χ1) is 13.2. The number of halogens is 3. The van der Waals surface area contributed by atoms with Gasteiger partial charge >= 0.3 is 12.1 Å². The summed E-state index contributed by atoms with van der Waals surface area (Å²) in [7, 11) is 0. The number of carbonyl (C=O) groups is 3. The zero-order valence-electron chi connectivity index (χ0n) is 14.1. The summed E-state index contributed by atoms with van der Waals surface area (Å²) in [5.74, 6) is -2.28. The number of alkyl halides is 3. The number of hydrogen-bond acceptors (Lipinski definition) is 5. The number of hydroxylamine groups is 1. The standard InChI is InChI=1S/C18H13F3N2O4S/c19-18(20,21)11-5-3-4-10(8-11)17(26)27-23-15(24)9-14-16(25)22-12-6-1-2-7-13(12)28-14/h1-8,14H,9H2,(H,22,25)(H,23,24)/t14-/m0/s1. The van der Waals surface area contributed by atoms with E-state index in [0.29, 0.717) is 11.8 Å². The second kappa shape index (κ2) is 7.93. The van der Waals surface area contributed by atoms with Crippen LogP contribution in [0.5, 0.6) is 0 Å². The minimum absolute atomic E-state index is 0.277. The van der Waals surface area contributed by atoms with E-state index in [1.807, 2.05) is 5.48 Å². The molecule has 0 fully saturated rings. The lowest BCUT2D eigenvalue weighted by Gasteiger charge is -2.23. The van der Waals surface area contributed by atoms with Gasteiger partial charge in [-0.3, -0.25) is 9.59 Å². The van der Waals surface area contributed by atoms with E-state index < -0.39 is 28.9 Å². The summed E-state index contributed by atoms with van der Waals surface area (Å²) >= 11 is 1.19. The van der Waals surface area contributed by atoms with E-state index in [9.17, 15) is 27.6 Å². The third kappa shape index (κ3) is 4.63. The zero-order valence-corrected chi connectivity index (χ0v) is 14.9. The number of amides is 2. The lowest BCUT2D eigenvalue weighted by atomic mass is 10.1. The molecule has 28 heavy (non-hydrogen) atoms. The lowest BCUT2D eigenvalue weighted by Crippen LogP contribution is -2.35. The second-order valence-electron chi connectivity index (χ2n) is 5.79. The summed E-state index contributed by atoms with van der Waals surface area (Å²) in [6, 6.07) is 10.7. The Kier molecular flexibility index (Phi) is 5.59. The topological polar surface area (TPSA) is 84.5 Å². The molecule has 1 aliphatic rings. The van der Waals surface area contributed by atoms with Crippen LogP contribution in [0.4, 0.5) is 18.9 Å². The first kappa shape index (κ1) is 19.7. The summed E-state index contributed by atoms with van der Waals surface area (Å²) in [5, 5.41) is 1.94. The van der Waals surface area contributed by atoms with E-state index in [-0.39, 0.29) is 17.9 Å². The molecular formula is C18H13F3N2O4S. The number of fused-ring (bicyclic) bond motifs is 1. The van der Waals surface area contributed by atoms with Crippen molar-refractivity contribution in [2.45, 2.75) is 22.7 Å². The van der Waals surface area contributed by atoms with Gasteiger partial charge in [-0.25, -0.2) is 4.79 Å². The van der Waals surface area contributed by atoms with Gasteiger partial charge in [0.25, 0.3) is 5.91 Å². The summed E-state index contributed by atoms with van der Waals surface area (Å²) < 4.78 is 38.1. The van der Waals surface area contributed by atoms with Gasteiger partial charge < -0.3 is 10.2 Å². The van der Waals surface area contributed by atoms with Crippen LogP contribution in [0.2, 0.25) is 0 Å². The van der Waals surface area contributed by atoms with E-state index in [1.54, 1.807) is 24.3 Å². The van der Waals surface area contributed by atoms with Crippen molar-refractivity contribution in [2.24, 2.45) is 0 Å². The molecule has 0 bridgehead atoms. The largest absolute Gasteiger partial charge is 0.416 e. The Morgan fingerprint density at radius 2 is 1.89 bits per heavy atom. The first-order valence-corrected chi connectivity index (χ1v) is 8.86. The van der Waals surface area contributed by atoms with Gasteiger partial charge in [0.1, 0.15) is 0 Å². The van der Waals surface area contributed by atoms with E-state index in [4.69, 9.17) is 0 Å². The minimum atomic E-state index is -4.61. The van der Waals surface area contributed by atoms with Crippen molar-refractivity contribution >= 4 is 35.2 Å². The minimum Gasteiger partial charge on any atom is -0.335 e. The zero-order chi connectivity index (χ0) is 20.3. The maximum atomic E-state index is 12.7. The van der Waals surface area contributed by atoms with Gasteiger partial charge in [-0.15, -0.1) is 11.8 Å². The van der Waals surface area contributed by atoms with Crippen molar-refractivity contribution in [1.82, 2.24) is 5.48 Å². The molecule has 2 aromatic carbocycles. The maximum Gasteiger partial charge on any atom is 0.416 e. The molecule has 1 atom stereocenters. The van der Waals surface area contributed by atoms with Crippen LogP contribution in [0.25, 0.3) is 0 Å². The average Bonchev–Trinajstić information content (AvgIpc) is 2.66. The van der Waals surface area contributed by atoms with Gasteiger partial charge in [0.15, 0.2) is 0 Å². The quantitative estimate of drug-likeness (QED) is 0.758. The normalized spacial score (nSPS) is 16.0. The molecule has 1 heterocycles. The van der Waals surface area contributed by atoms with E-state index in [1.165, 1.54) is 11.8 Å². The van der Waals surface area contributed by atoms with E-state index in [0.717, 1.165) is 23.1 Å². The fourth-order valence-electron chi connectivity index (χ4n) is 2.42. The maximum absolute atomic E-state index is 12.7. The number of anilines is 1. The predicted octanol–water partition coefficient (Wildman–Crippen LogP) is 3.40. The average molecular weight is 410 g/mol. The van der Waals surface area contributed by atoms with Crippen LogP contribution < -0.4 is 10.8 Å². The Hall–Kier alpha value is -3.01. The number of benzene rings is 2. The highest BCUT2D eigenvalue weighted by molar-refractivity contribution is 8.01. The van der Waals surface area contributed by atoms with Crippen molar-refractivity contribution in [3.63, 3.8) is 0 Å². The van der Waals surface area contributed by atoms with Gasteiger partial charge in [0, 0.05) is 4.90 Å². The van der Waals surface area contributed by atoms with Crippen LogP contribution in [-0.4, -0.2) is 23.0 Å². The van der Waals surface area contributed by atoms with Gasteiger partial charge in [-0.2, -0.15) is 18.7 Å². The smallest absolute Gasteiger partial charge is 0.335 e.